The Kier molecular flexibility index (Phi) is 5.38. The van der Waals surface area contributed by atoms with Crippen molar-refractivity contribution in [3.05, 3.63) is 48.7 Å². The number of aromatic nitrogens is 3. The molecular weight excluding hydrogens is 304 g/mol. The molecule has 0 saturated carbocycles. The van der Waals surface area contributed by atoms with E-state index in [9.17, 15) is 4.79 Å². The van der Waals surface area contributed by atoms with Gasteiger partial charge in [-0.05, 0) is 43.9 Å². The zero-order valence-corrected chi connectivity index (χ0v) is 13.8. The van der Waals surface area contributed by atoms with Crippen LogP contribution in [0.15, 0.2) is 48.7 Å². The minimum atomic E-state index is -0.115. The average molecular weight is 326 g/mol. The van der Waals surface area contributed by atoms with E-state index in [1.54, 1.807) is 18.7 Å². The maximum atomic E-state index is 12.3. The Morgan fingerprint density at radius 3 is 3.00 bits per heavy atom. The zero-order valence-electron chi connectivity index (χ0n) is 13.8. The van der Waals surface area contributed by atoms with Crippen LogP contribution in [0.1, 0.15) is 32.6 Å². The first-order valence-corrected chi connectivity index (χ1v) is 8.31. The summed E-state index contributed by atoms with van der Waals surface area (Å²) >= 11 is 0. The Balaban J connectivity index is 1.59. The van der Waals surface area contributed by atoms with E-state index in [2.05, 4.69) is 21.4 Å². The molecule has 0 aromatic carbocycles. The van der Waals surface area contributed by atoms with Crippen LogP contribution in [0.25, 0.3) is 5.82 Å². The number of rotatable bonds is 7. The number of carbonyl (C=O) groups excluding carboxylic acids is 1. The van der Waals surface area contributed by atoms with Crippen molar-refractivity contribution in [2.45, 2.75) is 38.7 Å². The van der Waals surface area contributed by atoms with E-state index >= 15 is 0 Å². The summed E-state index contributed by atoms with van der Waals surface area (Å²) < 4.78 is 7.56. The summed E-state index contributed by atoms with van der Waals surface area (Å²) in [5.74, 6) is 0.701. The highest BCUT2D eigenvalue weighted by atomic mass is 16.5. The quantitative estimate of drug-likeness (QED) is 0.794. The summed E-state index contributed by atoms with van der Waals surface area (Å²) in [7, 11) is 0. The molecule has 0 spiro atoms. The van der Waals surface area contributed by atoms with Crippen LogP contribution in [0, 0.1) is 0 Å². The highest BCUT2D eigenvalue weighted by Gasteiger charge is 2.20. The van der Waals surface area contributed by atoms with E-state index in [0.29, 0.717) is 18.7 Å². The molecule has 0 bridgehead atoms. The van der Waals surface area contributed by atoms with Gasteiger partial charge in [0.1, 0.15) is 12.1 Å². The molecule has 126 valence electrons. The van der Waals surface area contributed by atoms with Crippen molar-refractivity contribution in [1.29, 1.82) is 0 Å². The summed E-state index contributed by atoms with van der Waals surface area (Å²) in [5, 5.41) is 2.89. The number of ether oxygens (including phenoxy) is 1. The summed E-state index contributed by atoms with van der Waals surface area (Å²) in [6, 6.07) is 3.68. The second kappa shape index (κ2) is 7.88. The lowest BCUT2D eigenvalue weighted by atomic mass is 10.1. The van der Waals surface area contributed by atoms with Crippen molar-refractivity contribution >= 4 is 11.6 Å². The van der Waals surface area contributed by atoms with Crippen molar-refractivity contribution in [2.24, 2.45) is 0 Å². The SMILES string of the molecule is CCOC(CC(=O)Nc1ccc(-n2ccnc2)nc1)C1=CCCC1. The standard InChI is InChI=1S/C18H22N4O2/c1-2-24-16(14-5-3-4-6-14)11-18(23)21-15-7-8-17(20-12-15)22-10-9-19-13-22/h5,7-10,12-13,16H,2-4,6,11H2,1H3,(H,21,23). The summed E-state index contributed by atoms with van der Waals surface area (Å²) in [4.78, 5) is 20.6. The maximum Gasteiger partial charge on any atom is 0.227 e. The number of allylic oxidation sites excluding steroid dienone is 1. The highest BCUT2D eigenvalue weighted by molar-refractivity contribution is 5.91. The number of carbonyl (C=O) groups is 1. The molecule has 2 heterocycles. The van der Waals surface area contributed by atoms with Gasteiger partial charge in [-0.25, -0.2) is 9.97 Å². The van der Waals surface area contributed by atoms with Crippen LogP contribution in [-0.4, -0.2) is 33.2 Å². The van der Waals surface area contributed by atoms with Gasteiger partial charge in [-0.15, -0.1) is 0 Å². The fourth-order valence-electron chi connectivity index (χ4n) is 2.87. The molecule has 1 unspecified atom stereocenters. The van der Waals surface area contributed by atoms with Gasteiger partial charge < -0.3 is 10.1 Å². The average Bonchev–Trinajstić information content (AvgIpc) is 3.29. The molecule has 6 nitrogen and oxygen atoms in total. The largest absolute Gasteiger partial charge is 0.374 e. The first kappa shape index (κ1) is 16.4. The van der Waals surface area contributed by atoms with Gasteiger partial charge >= 0.3 is 0 Å². The van der Waals surface area contributed by atoms with Crippen LogP contribution in [-0.2, 0) is 9.53 Å². The third kappa shape index (κ3) is 4.08. The topological polar surface area (TPSA) is 69.0 Å². The van der Waals surface area contributed by atoms with Crippen LogP contribution in [0.2, 0.25) is 0 Å². The van der Waals surface area contributed by atoms with E-state index in [0.717, 1.165) is 25.1 Å². The summed E-state index contributed by atoms with van der Waals surface area (Å²) in [6.07, 6.45) is 12.5. The van der Waals surface area contributed by atoms with Crippen molar-refractivity contribution in [3.8, 4) is 5.82 Å². The number of nitrogens with zero attached hydrogens (tertiary/aromatic N) is 3. The second-order valence-corrected chi connectivity index (χ2v) is 5.74. The molecular formula is C18H22N4O2. The van der Waals surface area contributed by atoms with Gasteiger partial charge in [-0.1, -0.05) is 6.08 Å². The summed E-state index contributed by atoms with van der Waals surface area (Å²) in [5.41, 5.74) is 1.93. The monoisotopic (exact) mass is 326 g/mol. The fraction of sp³-hybridized carbons (Fsp3) is 0.389. The van der Waals surface area contributed by atoms with Gasteiger partial charge in [-0.2, -0.15) is 0 Å². The smallest absolute Gasteiger partial charge is 0.227 e. The molecule has 6 heteroatoms. The molecule has 1 amide bonds. The minimum absolute atomic E-state index is 0.0570. The van der Waals surface area contributed by atoms with E-state index < -0.39 is 0 Å². The lowest BCUT2D eigenvalue weighted by molar-refractivity contribution is -0.118. The predicted molar refractivity (Wildman–Crippen MR) is 92.0 cm³/mol. The van der Waals surface area contributed by atoms with Gasteiger partial charge in [0.15, 0.2) is 0 Å². The first-order valence-electron chi connectivity index (χ1n) is 8.31. The molecule has 1 aliphatic rings. The number of imidazole rings is 1. The zero-order chi connectivity index (χ0) is 16.8. The molecule has 2 aromatic rings. The molecule has 3 rings (SSSR count). The highest BCUT2D eigenvalue weighted by Crippen LogP contribution is 2.25. The van der Waals surface area contributed by atoms with Gasteiger partial charge in [0.05, 0.1) is 24.4 Å². The van der Waals surface area contributed by atoms with Crippen LogP contribution in [0.5, 0.6) is 0 Å². The van der Waals surface area contributed by atoms with E-state index in [-0.39, 0.29) is 12.0 Å². The second-order valence-electron chi connectivity index (χ2n) is 5.74. The third-order valence-corrected chi connectivity index (χ3v) is 4.03. The molecule has 0 aliphatic heterocycles. The Morgan fingerprint density at radius 2 is 2.38 bits per heavy atom. The van der Waals surface area contributed by atoms with Crippen molar-refractivity contribution < 1.29 is 9.53 Å². The van der Waals surface area contributed by atoms with E-state index in [1.165, 1.54) is 5.57 Å². The number of nitrogens with one attached hydrogen (secondary N) is 1. The fourth-order valence-corrected chi connectivity index (χ4v) is 2.87. The summed E-state index contributed by atoms with van der Waals surface area (Å²) in [6.45, 7) is 2.57. The van der Waals surface area contributed by atoms with Crippen molar-refractivity contribution in [1.82, 2.24) is 14.5 Å². The lowest BCUT2D eigenvalue weighted by Gasteiger charge is -2.18. The van der Waals surface area contributed by atoms with Crippen molar-refractivity contribution in [2.75, 3.05) is 11.9 Å². The van der Waals surface area contributed by atoms with Crippen LogP contribution in [0.4, 0.5) is 5.69 Å². The number of hydrogen-bond acceptors (Lipinski definition) is 4. The number of pyridine rings is 1. The first-order chi connectivity index (χ1) is 11.8. The Labute approximate surface area is 141 Å². The Hall–Kier alpha value is -2.47. The van der Waals surface area contributed by atoms with Crippen LogP contribution < -0.4 is 5.32 Å². The van der Waals surface area contributed by atoms with Gasteiger partial charge in [-0.3, -0.25) is 9.36 Å². The third-order valence-electron chi connectivity index (χ3n) is 4.03. The molecule has 1 N–H and O–H groups in total. The Bertz CT molecular complexity index is 692. The predicted octanol–water partition coefficient (Wildman–Crippen LogP) is 3.11. The van der Waals surface area contributed by atoms with Crippen molar-refractivity contribution in [3.63, 3.8) is 0 Å². The Morgan fingerprint density at radius 1 is 1.46 bits per heavy atom. The molecule has 24 heavy (non-hydrogen) atoms. The molecule has 1 atom stereocenters. The van der Waals surface area contributed by atoms with Gasteiger partial charge in [0.25, 0.3) is 0 Å². The lowest BCUT2D eigenvalue weighted by Crippen LogP contribution is -2.24. The van der Waals surface area contributed by atoms with Gasteiger partial charge in [0.2, 0.25) is 5.91 Å². The van der Waals surface area contributed by atoms with E-state index in [1.807, 2.05) is 29.8 Å². The number of anilines is 1. The van der Waals surface area contributed by atoms with Crippen LogP contribution >= 0.6 is 0 Å². The number of hydrogen-bond donors (Lipinski definition) is 1. The van der Waals surface area contributed by atoms with E-state index in [4.69, 9.17) is 4.74 Å². The molecule has 0 fully saturated rings. The normalized spacial score (nSPS) is 15.1. The molecule has 0 saturated heterocycles. The number of amides is 1. The molecule has 0 radical (unpaired) electrons. The molecule has 2 aromatic heterocycles. The van der Waals surface area contributed by atoms with Crippen LogP contribution in [0.3, 0.4) is 0 Å². The van der Waals surface area contributed by atoms with Gasteiger partial charge in [0, 0.05) is 19.0 Å². The molecule has 1 aliphatic carbocycles. The minimum Gasteiger partial charge on any atom is -0.374 e. The maximum absolute atomic E-state index is 12.3.